The van der Waals surface area contributed by atoms with Crippen LogP contribution in [-0.2, 0) is 19.1 Å². The summed E-state index contributed by atoms with van der Waals surface area (Å²) in [5.74, 6) is -2.42. The van der Waals surface area contributed by atoms with E-state index in [9.17, 15) is 14.9 Å². The highest BCUT2D eigenvalue weighted by atomic mass is 79.9. The lowest BCUT2D eigenvalue weighted by atomic mass is 9.81. The molecule has 1 unspecified atom stereocenters. The first kappa shape index (κ1) is 22.1. The van der Waals surface area contributed by atoms with Crippen LogP contribution in [0.1, 0.15) is 17.0 Å². The summed E-state index contributed by atoms with van der Waals surface area (Å²) in [5, 5.41) is 10.0. The minimum atomic E-state index is -0.896. The van der Waals surface area contributed by atoms with E-state index in [1.54, 1.807) is 36.4 Å². The summed E-state index contributed by atoms with van der Waals surface area (Å²) < 4.78 is 10.7. The molecule has 0 bridgehead atoms. The van der Waals surface area contributed by atoms with Gasteiger partial charge >= 0.3 is 11.9 Å². The fraction of sp³-hybridized carbons (Fsp3) is 0.174. The van der Waals surface area contributed by atoms with Crippen LogP contribution in [0.3, 0.4) is 0 Å². The molecule has 0 spiro atoms. The average molecular weight is 482 g/mol. The molecule has 1 aliphatic rings. The van der Waals surface area contributed by atoms with Crippen molar-refractivity contribution in [3.8, 4) is 6.07 Å². The molecule has 0 radical (unpaired) electrons. The number of benzene rings is 2. The Kier molecular flexibility index (Phi) is 6.47. The van der Waals surface area contributed by atoms with E-state index in [4.69, 9.17) is 15.2 Å². The molecular weight excluding hydrogens is 462 g/mol. The summed E-state index contributed by atoms with van der Waals surface area (Å²) in [5.41, 5.74) is 8.43. The number of carbonyl (C=O) groups is 2. The molecule has 1 atom stereocenters. The van der Waals surface area contributed by atoms with Gasteiger partial charge in [0.15, 0.2) is 0 Å². The Morgan fingerprint density at radius 2 is 1.71 bits per heavy atom. The molecule has 2 aromatic carbocycles. The highest BCUT2D eigenvalue weighted by Crippen LogP contribution is 2.45. The van der Waals surface area contributed by atoms with Gasteiger partial charge in [0, 0.05) is 4.47 Å². The Balaban J connectivity index is 2.45. The second kappa shape index (κ2) is 9.06. The number of hydrogen-bond acceptors (Lipinski definition) is 7. The molecule has 0 amide bonds. The van der Waals surface area contributed by atoms with Crippen LogP contribution in [0.15, 0.2) is 75.7 Å². The Morgan fingerprint density at radius 3 is 2.29 bits per heavy atom. The molecule has 0 saturated carbocycles. The van der Waals surface area contributed by atoms with Crippen LogP contribution in [0.5, 0.6) is 0 Å². The predicted molar refractivity (Wildman–Crippen MR) is 118 cm³/mol. The predicted octanol–water partition coefficient (Wildman–Crippen LogP) is 3.66. The monoisotopic (exact) mass is 481 g/mol. The molecular formula is C23H20BrN3O4. The molecule has 3 rings (SSSR count). The van der Waals surface area contributed by atoms with Crippen LogP contribution in [0.2, 0.25) is 0 Å². The molecule has 8 heteroatoms. The largest absolute Gasteiger partial charge is 0.466 e. The Labute approximate surface area is 188 Å². The van der Waals surface area contributed by atoms with Gasteiger partial charge in [-0.2, -0.15) is 5.26 Å². The molecule has 1 aliphatic heterocycles. The van der Waals surface area contributed by atoms with Crippen molar-refractivity contribution in [3.05, 3.63) is 86.8 Å². The number of carbonyl (C=O) groups excluding carboxylic acids is 2. The van der Waals surface area contributed by atoms with E-state index in [2.05, 4.69) is 22.0 Å². The van der Waals surface area contributed by atoms with Crippen LogP contribution in [0.25, 0.3) is 0 Å². The maximum atomic E-state index is 13.0. The molecule has 158 valence electrons. The van der Waals surface area contributed by atoms with E-state index in [1.165, 1.54) is 19.1 Å². The lowest BCUT2D eigenvalue weighted by Crippen LogP contribution is -2.41. The number of halogens is 1. The number of anilines is 1. The van der Waals surface area contributed by atoms with Crippen LogP contribution in [0.4, 0.5) is 5.69 Å². The zero-order valence-corrected chi connectivity index (χ0v) is 18.8. The number of esters is 2. The Bertz CT molecular complexity index is 1150. The first-order chi connectivity index (χ1) is 14.9. The van der Waals surface area contributed by atoms with Gasteiger partial charge in [-0.15, -0.1) is 0 Å². The van der Waals surface area contributed by atoms with E-state index in [1.807, 2.05) is 19.1 Å². The molecule has 0 aromatic heterocycles. The van der Waals surface area contributed by atoms with Crippen LogP contribution < -0.4 is 10.6 Å². The maximum absolute atomic E-state index is 13.0. The number of ether oxygens (including phenoxy) is 2. The molecule has 0 aliphatic carbocycles. The zero-order valence-electron chi connectivity index (χ0n) is 17.2. The minimum absolute atomic E-state index is 0.0238. The van der Waals surface area contributed by atoms with Gasteiger partial charge in [0.2, 0.25) is 0 Å². The molecule has 0 saturated heterocycles. The molecule has 7 nitrogen and oxygen atoms in total. The fourth-order valence-corrected chi connectivity index (χ4v) is 4.01. The van der Waals surface area contributed by atoms with E-state index < -0.39 is 17.9 Å². The molecule has 2 N–H and O–H groups in total. The lowest BCUT2D eigenvalue weighted by molar-refractivity contribution is -0.139. The van der Waals surface area contributed by atoms with Gasteiger partial charge in [-0.25, -0.2) is 9.59 Å². The quantitative estimate of drug-likeness (QED) is 0.664. The van der Waals surface area contributed by atoms with Gasteiger partial charge in [0.05, 0.1) is 43.0 Å². The van der Waals surface area contributed by atoms with E-state index in [-0.39, 0.29) is 22.7 Å². The summed E-state index contributed by atoms with van der Waals surface area (Å²) in [6, 6.07) is 16.4. The van der Waals surface area contributed by atoms with Crippen molar-refractivity contribution in [1.82, 2.24) is 0 Å². The standard InChI is InChI=1S/C23H20BrN3O4/c1-13-8-7-11-16(19(13)24)27-20(23(29)31-3)18(22(28)30-2)17(15(12-25)21(27)26)14-9-5-4-6-10-14/h4-11,17H,26H2,1-3H3. The number of nitrogens with zero attached hydrogens (tertiary/aromatic N) is 2. The van der Waals surface area contributed by atoms with Crippen molar-refractivity contribution < 1.29 is 19.1 Å². The number of allylic oxidation sites excluding steroid dienone is 1. The Hall–Kier alpha value is -3.57. The van der Waals surface area contributed by atoms with Crippen molar-refractivity contribution in [1.29, 1.82) is 5.26 Å². The third-order valence-corrected chi connectivity index (χ3v) is 6.05. The van der Waals surface area contributed by atoms with Crippen molar-refractivity contribution in [2.45, 2.75) is 12.8 Å². The molecule has 31 heavy (non-hydrogen) atoms. The van der Waals surface area contributed by atoms with Crippen LogP contribution >= 0.6 is 15.9 Å². The van der Waals surface area contributed by atoms with Gasteiger partial charge < -0.3 is 15.2 Å². The third kappa shape index (κ3) is 3.80. The highest BCUT2D eigenvalue weighted by Gasteiger charge is 2.43. The highest BCUT2D eigenvalue weighted by molar-refractivity contribution is 9.10. The van der Waals surface area contributed by atoms with Gasteiger partial charge in [0.25, 0.3) is 0 Å². The summed E-state index contributed by atoms with van der Waals surface area (Å²) >= 11 is 3.52. The first-order valence-electron chi connectivity index (χ1n) is 9.28. The fourth-order valence-electron chi connectivity index (χ4n) is 3.57. The Morgan fingerprint density at radius 1 is 1.06 bits per heavy atom. The van der Waals surface area contributed by atoms with Crippen molar-refractivity contribution in [2.75, 3.05) is 19.1 Å². The summed E-state index contributed by atoms with van der Waals surface area (Å²) in [6.45, 7) is 1.87. The number of methoxy groups -OCH3 is 2. The van der Waals surface area contributed by atoms with Gasteiger partial charge in [-0.05, 0) is 40.0 Å². The van der Waals surface area contributed by atoms with Crippen LogP contribution in [0, 0.1) is 18.3 Å². The first-order valence-corrected chi connectivity index (χ1v) is 10.1. The van der Waals surface area contributed by atoms with Gasteiger partial charge in [-0.3, -0.25) is 4.90 Å². The van der Waals surface area contributed by atoms with Crippen molar-refractivity contribution >= 4 is 33.6 Å². The number of aryl methyl sites for hydroxylation is 1. The van der Waals surface area contributed by atoms with Crippen molar-refractivity contribution in [3.63, 3.8) is 0 Å². The molecule has 0 fully saturated rings. The average Bonchev–Trinajstić information content (AvgIpc) is 2.79. The maximum Gasteiger partial charge on any atom is 0.355 e. The van der Waals surface area contributed by atoms with Gasteiger partial charge in [-0.1, -0.05) is 42.5 Å². The zero-order chi connectivity index (χ0) is 22.7. The molecule has 1 heterocycles. The SMILES string of the molecule is COC(=O)C1=C(C(=O)OC)N(c2cccc(C)c2Br)C(N)=C(C#N)C1c1ccccc1. The van der Waals surface area contributed by atoms with E-state index in [0.29, 0.717) is 15.7 Å². The number of rotatable bonds is 4. The normalized spacial score (nSPS) is 16.1. The summed E-state index contributed by atoms with van der Waals surface area (Å²) in [7, 11) is 2.43. The number of nitrogens with two attached hydrogens (primary N) is 1. The van der Waals surface area contributed by atoms with E-state index in [0.717, 1.165) is 5.56 Å². The number of nitriles is 1. The lowest BCUT2D eigenvalue weighted by Gasteiger charge is -2.36. The minimum Gasteiger partial charge on any atom is -0.466 e. The van der Waals surface area contributed by atoms with Gasteiger partial charge in [0.1, 0.15) is 11.5 Å². The second-order valence-electron chi connectivity index (χ2n) is 6.74. The number of hydrogen-bond donors (Lipinski definition) is 1. The topological polar surface area (TPSA) is 106 Å². The van der Waals surface area contributed by atoms with Crippen LogP contribution in [-0.4, -0.2) is 26.2 Å². The van der Waals surface area contributed by atoms with E-state index >= 15 is 0 Å². The smallest absolute Gasteiger partial charge is 0.355 e. The third-order valence-electron chi connectivity index (χ3n) is 5.02. The second-order valence-corrected chi connectivity index (χ2v) is 7.54. The summed E-state index contributed by atoms with van der Waals surface area (Å²) in [4.78, 5) is 27.3. The summed E-state index contributed by atoms with van der Waals surface area (Å²) in [6.07, 6.45) is 0. The molecule has 2 aromatic rings. The van der Waals surface area contributed by atoms with Crippen molar-refractivity contribution in [2.24, 2.45) is 5.73 Å².